The lowest BCUT2D eigenvalue weighted by Crippen LogP contribution is -2.28. The predicted molar refractivity (Wildman–Crippen MR) is 84.1 cm³/mol. The molecule has 0 aliphatic heterocycles. The van der Waals surface area contributed by atoms with Gasteiger partial charge in [0, 0.05) is 24.2 Å². The van der Waals surface area contributed by atoms with Gasteiger partial charge in [-0.15, -0.1) is 0 Å². The van der Waals surface area contributed by atoms with Crippen LogP contribution in [-0.2, 0) is 4.74 Å². The van der Waals surface area contributed by atoms with E-state index in [1.54, 1.807) is 6.07 Å². The molecule has 0 unspecified atom stereocenters. The van der Waals surface area contributed by atoms with Crippen molar-refractivity contribution in [2.45, 2.75) is 13.8 Å². The smallest absolute Gasteiger partial charge is 0.270 e. The first kappa shape index (κ1) is 15.3. The fourth-order valence-corrected chi connectivity index (χ4v) is 1.96. The number of carbonyl (C=O) groups excluding carboxylic acids is 1. The van der Waals surface area contributed by atoms with Crippen LogP contribution in [-0.4, -0.2) is 30.6 Å². The maximum atomic E-state index is 12.1. The summed E-state index contributed by atoms with van der Waals surface area (Å²) in [7, 11) is 0. The van der Waals surface area contributed by atoms with Crippen molar-refractivity contribution >= 4 is 22.5 Å². The summed E-state index contributed by atoms with van der Waals surface area (Å²) in [5.41, 5.74) is 7.57. The molecule has 0 saturated heterocycles. The SMILES string of the molecule is CC(C)COCCNC(=O)c1cc(N)c2ccccc2n1. The number of benzene rings is 1. The largest absolute Gasteiger partial charge is 0.398 e. The highest BCUT2D eigenvalue weighted by atomic mass is 16.5. The molecule has 0 aliphatic rings. The summed E-state index contributed by atoms with van der Waals surface area (Å²) in [6.07, 6.45) is 0. The third kappa shape index (κ3) is 4.16. The highest BCUT2D eigenvalue weighted by Crippen LogP contribution is 2.19. The number of para-hydroxylation sites is 1. The lowest BCUT2D eigenvalue weighted by atomic mass is 10.1. The van der Waals surface area contributed by atoms with Gasteiger partial charge in [-0.05, 0) is 18.1 Å². The van der Waals surface area contributed by atoms with Crippen LogP contribution in [0.15, 0.2) is 30.3 Å². The van der Waals surface area contributed by atoms with Crippen molar-refractivity contribution in [1.29, 1.82) is 0 Å². The highest BCUT2D eigenvalue weighted by molar-refractivity contribution is 5.99. The van der Waals surface area contributed by atoms with Gasteiger partial charge in [0.1, 0.15) is 5.69 Å². The van der Waals surface area contributed by atoms with Crippen LogP contribution in [0.25, 0.3) is 10.9 Å². The lowest BCUT2D eigenvalue weighted by Gasteiger charge is -2.09. The van der Waals surface area contributed by atoms with E-state index in [0.717, 1.165) is 10.9 Å². The Morgan fingerprint density at radius 2 is 2.14 bits per heavy atom. The van der Waals surface area contributed by atoms with E-state index in [9.17, 15) is 4.79 Å². The Kier molecular flexibility index (Phi) is 5.11. The van der Waals surface area contributed by atoms with Gasteiger partial charge in [-0.3, -0.25) is 4.79 Å². The normalized spacial score (nSPS) is 11.0. The Morgan fingerprint density at radius 1 is 1.38 bits per heavy atom. The number of fused-ring (bicyclic) bond motifs is 1. The molecule has 112 valence electrons. The number of nitrogens with two attached hydrogens (primary N) is 1. The van der Waals surface area contributed by atoms with Crippen molar-refractivity contribution in [1.82, 2.24) is 10.3 Å². The molecule has 0 aliphatic carbocycles. The summed E-state index contributed by atoms with van der Waals surface area (Å²) in [5.74, 6) is 0.253. The quantitative estimate of drug-likeness (QED) is 0.799. The number of ether oxygens (including phenoxy) is 1. The number of pyridine rings is 1. The second-order valence-corrected chi connectivity index (χ2v) is 5.34. The average Bonchev–Trinajstić information content (AvgIpc) is 2.46. The summed E-state index contributed by atoms with van der Waals surface area (Å²) in [4.78, 5) is 16.4. The molecule has 0 radical (unpaired) electrons. The number of aromatic nitrogens is 1. The van der Waals surface area contributed by atoms with Crippen molar-refractivity contribution in [3.05, 3.63) is 36.0 Å². The molecule has 0 spiro atoms. The average molecular weight is 287 g/mol. The van der Waals surface area contributed by atoms with Gasteiger partial charge < -0.3 is 15.8 Å². The Labute approximate surface area is 124 Å². The van der Waals surface area contributed by atoms with Crippen LogP contribution < -0.4 is 11.1 Å². The zero-order valence-corrected chi connectivity index (χ0v) is 12.4. The Balaban J connectivity index is 1.96. The van der Waals surface area contributed by atoms with Gasteiger partial charge >= 0.3 is 0 Å². The first-order valence-corrected chi connectivity index (χ1v) is 7.09. The maximum absolute atomic E-state index is 12.1. The van der Waals surface area contributed by atoms with Crippen molar-refractivity contribution in [3.8, 4) is 0 Å². The summed E-state index contributed by atoms with van der Waals surface area (Å²) in [5, 5.41) is 3.64. The molecule has 0 fully saturated rings. The van der Waals surface area contributed by atoms with Crippen molar-refractivity contribution in [2.24, 2.45) is 5.92 Å². The summed E-state index contributed by atoms with van der Waals surface area (Å²) >= 11 is 0. The van der Waals surface area contributed by atoms with Crippen LogP contribution in [0.3, 0.4) is 0 Å². The summed E-state index contributed by atoms with van der Waals surface area (Å²) in [6, 6.07) is 9.10. The van der Waals surface area contributed by atoms with Gasteiger partial charge in [-0.2, -0.15) is 0 Å². The lowest BCUT2D eigenvalue weighted by molar-refractivity contribution is 0.0882. The Bertz CT molecular complexity index is 626. The number of anilines is 1. The van der Waals surface area contributed by atoms with E-state index in [0.29, 0.717) is 37.1 Å². The number of nitrogen functional groups attached to an aromatic ring is 1. The van der Waals surface area contributed by atoms with Crippen molar-refractivity contribution in [3.63, 3.8) is 0 Å². The molecule has 0 saturated carbocycles. The number of nitrogens with zero attached hydrogens (tertiary/aromatic N) is 1. The molecule has 5 nitrogen and oxygen atoms in total. The second kappa shape index (κ2) is 7.04. The van der Waals surface area contributed by atoms with Gasteiger partial charge in [-0.25, -0.2) is 4.98 Å². The van der Waals surface area contributed by atoms with Crippen LogP contribution in [0.4, 0.5) is 5.69 Å². The fraction of sp³-hybridized carbons (Fsp3) is 0.375. The molecule has 2 aromatic rings. The van der Waals surface area contributed by atoms with Crippen LogP contribution in [0.5, 0.6) is 0 Å². The fourth-order valence-electron chi connectivity index (χ4n) is 1.96. The van der Waals surface area contributed by atoms with Crippen molar-refractivity contribution < 1.29 is 9.53 Å². The summed E-state index contributed by atoms with van der Waals surface area (Å²) in [6.45, 7) is 5.81. The minimum Gasteiger partial charge on any atom is -0.398 e. The zero-order valence-electron chi connectivity index (χ0n) is 12.4. The van der Waals surface area contributed by atoms with Crippen molar-refractivity contribution in [2.75, 3.05) is 25.5 Å². The summed E-state index contributed by atoms with van der Waals surface area (Å²) < 4.78 is 5.42. The van der Waals surface area contributed by atoms with E-state index < -0.39 is 0 Å². The first-order valence-electron chi connectivity index (χ1n) is 7.09. The number of nitrogens with one attached hydrogen (secondary N) is 1. The maximum Gasteiger partial charge on any atom is 0.270 e. The molecule has 1 amide bonds. The molecule has 2 rings (SSSR count). The number of hydrogen-bond acceptors (Lipinski definition) is 4. The second-order valence-electron chi connectivity index (χ2n) is 5.34. The molecule has 5 heteroatoms. The van der Waals surface area contributed by atoms with E-state index >= 15 is 0 Å². The number of rotatable bonds is 6. The third-order valence-corrected chi connectivity index (χ3v) is 2.96. The highest BCUT2D eigenvalue weighted by Gasteiger charge is 2.10. The Morgan fingerprint density at radius 3 is 2.90 bits per heavy atom. The zero-order chi connectivity index (χ0) is 15.2. The van der Waals surface area contributed by atoms with E-state index in [1.165, 1.54) is 0 Å². The molecular weight excluding hydrogens is 266 g/mol. The molecular formula is C16H21N3O2. The molecule has 1 aromatic carbocycles. The van der Waals surface area contributed by atoms with Crippen LogP contribution in [0.1, 0.15) is 24.3 Å². The van der Waals surface area contributed by atoms with Gasteiger partial charge in [0.15, 0.2) is 0 Å². The minimum absolute atomic E-state index is 0.236. The Hall–Kier alpha value is -2.14. The first-order chi connectivity index (χ1) is 10.1. The number of carbonyl (C=O) groups is 1. The molecule has 0 atom stereocenters. The van der Waals surface area contributed by atoms with Gasteiger partial charge in [0.2, 0.25) is 0 Å². The predicted octanol–water partition coefficient (Wildman–Crippen LogP) is 2.22. The molecule has 1 heterocycles. The molecule has 3 N–H and O–H groups in total. The number of hydrogen-bond donors (Lipinski definition) is 2. The van der Waals surface area contributed by atoms with E-state index in [1.807, 2.05) is 24.3 Å². The van der Waals surface area contributed by atoms with Crippen LogP contribution in [0, 0.1) is 5.92 Å². The van der Waals surface area contributed by atoms with E-state index in [-0.39, 0.29) is 5.91 Å². The van der Waals surface area contributed by atoms with Crippen LogP contribution in [0.2, 0.25) is 0 Å². The number of amides is 1. The monoisotopic (exact) mass is 287 g/mol. The molecule has 21 heavy (non-hydrogen) atoms. The minimum atomic E-state index is -0.236. The topological polar surface area (TPSA) is 77.2 Å². The van der Waals surface area contributed by atoms with Gasteiger partial charge in [-0.1, -0.05) is 32.0 Å². The molecule has 1 aromatic heterocycles. The third-order valence-electron chi connectivity index (χ3n) is 2.96. The van der Waals surface area contributed by atoms with Gasteiger partial charge in [0.05, 0.1) is 12.1 Å². The van der Waals surface area contributed by atoms with E-state index in [2.05, 4.69) is 24.1 Å². The van der Waals surface area contributed by atoms with Crippen LogP contribution >= 0.6 is 0 Å². The van der Waals surface area contributed by atoms with E-state index in [4.69, 9.17) is 10.5 Å². The molecule has 0 bridgehead atoms. The van der Waals surface area contributed by atoms with Gasteiger partial charge in [0.25, 0.3) is 5.91 Å². The standard InChI is InChI=1S/C16H21N3O2/c1-11(2)10-21-8-7-18-16(20)15-9-13(17)12-5-3-4-6-14(12)19-15/h3-6,9,11H,7-8,10H2,1-2H3,(H2,17,19)(H,18,20).